The Morgan fingerprint density at radius 2 is 2.17 bits per heavy atom. The summed E-state index contributed by atoms with van der Waals surface area (Å²) in [6, 6.07) is 1.57. The average Bonchev–Trinajstić information content (AvgIpc) is 3.15. The number of aromatic nitrogens is 3. The Hall–Kier alpha value is -1.80. The minimum Gasteiger partial charge on any atom is -0.345 e. The van der Waals surface area contributed by atoms with E-state index >= 15 is 0 Å². The number of carbonyl (C=O) groups excluding carboxylic acids is 1. The van der Waals surface area contributed by atoms with Crippen LogP contribution in [0.3, 0.4) is 0 Å². The second-order valence-corrected chi connectivity index (χ2v) is 7.78. The molecule has 0 aliphatic carbocycles. The molecule has 0 bridgehead atoms. The fraction of sp³-hybridized carbons (Fsp3) is 0.625. The lowest BCUT2D eigenvalue weighted by atomic mass is 9.88. The van der Waals surface area contributed by atoms with Gasteiger partial charge in [-0.2, -0.15) is 9.61 Å². The fourth-order valence-corrected chi connectivity index (χ4v) is 4.62. The molecule has 128 valence electrons. The normalized spacial score (nSPS) is 24.8. The Balaban J connectivity index is 1.55. The van der Waals surface area contributed by atoms with Crippen LogP contribution >= 0.6 is 11.3 Å². The molecule has 7 nitrogen and oxygen atoms in total. The molecule has 0 radical (unpaired) electrons. The Kier molecular flexibility index (Phi) is 3.88. The molecule has 8 heteroatoms. The van der Waals surface area contributed by atoms with Gasteiger partial charge in [0.25, 0.3) is 5.56 Å². The van der Waals surface area contributed by atoms with E-state index < -0.39 is 0 Å². The second kappa shape index (κ2) is 5.93. The summed E-state index contributed by atoms with van der Waals surface area (Å²) in [4.78, 5) is 33.9. The van der Waals surface area contributed by atoms with E-state index in [1.165, 1.54) is 15.9 Å². The highest BCUT2D eigenvalue weighted by molar-refractivity contribution is 7.16. The van der Waals surface area contributed by atoms with Gasteiger partial charge in [0.1, 0.15) is 5.01 Å². The highest BCUT2D eigenvalue weighted by atomic mass is 32.1. The SMILES string of the molecule is CCc1nn2c(=O)cc(CN3C[C@H]4CCN(C)C(=O)[C@H]4C3)nc2s1. The van der Waals surface area contributed by atoms with Crippen molar-refractivity contribution < 1.29 is 4.79 Å². The van der Waals surface area contributed by atoms with Crippen molar-refractivity contribution in [2.24, 2.45) is 11.8 Å². The Morgan fingerprint density at radius 3 is 2.96 bits per heavy atom. The van der Waals surface area contributed by atoms with Crippen LogP contribution in [-0.4, -0.2) is 57.0 Å². The molecule has 2 fully saturated rings. The molecule has 0 saturated carbocycles. The summed E-state index contributed by atoms with van der Waals surface area (Å²) in [5.41, 5.74) is 0.643. The molecule has 0 aromatic carbocycles. The molecule has 2 aromatic rings. The average molecular weight is 347 g/mol. The summed E-state index contributed by atoms with van der Waals surface area (Å²) in [6.07, 6.45) is 1.86. The molecule has 2 aliphatic rings. The molecule has 1 amide bonds. The van der Waals surface area contributed by atoms with Crippen LogP contribution < -0.4 is 5.56 Å². The number of piperidine rings is 1. The quantitative estimate of drug-likeness (QED) is 0.814. The Bertz CT molecular complexity index is 845. The monoisotopic (exact) mass is 347 g/mol. The lowest BCUT2D eigenvalue weighted by Gasteiger charge is -2.30. The number of hydrogen-bond acceptors (Lipinski definition) is 6. The van der Waals surface area contributed by atoms with Crippen LogP contribution in [0.2, 0.25) is 0 Å². The van der Waals surface area contributed by atoms with E-state index in [2.05, 4.69) is 15.0 Å². The van der Waals surface area contributed by atoms with Crippen LogP contribution in [-0.2, 0) is 17.8 Å². The van der Waals surface area contributed by atoms with Crippen molar-refractivity contribution in [1.29, 1.82) is 0 Å². The van der Waals surface area contributed by atoms with E-state index in [0.29, 0.717) is 17.4 Å². The minimum atomic E-state index is -0.127. The van der Waals surface area contributed by atoms with E-state index in [-0.39, 0.29) is 17.4 Å². The minimum absolute atomic E-state index is 0.101. The highest BCUT2D eigenvalue weighted by Gasteiger charge is 2.41. The lowest BCUT2D eigenvalue weighted by molar-refractivity contribution is -0.137. The molecule has 0 unspecified atom stereocenters. The van der Waals surface area contributed by atoms with Crippen molar-refractivity contribution in [2.75, 3.05) is 26.7 Å². The summed E-state index contributed by atoms with van der Waals surface area (Å²) < 4.78 is 1.38. The highest BCUT2D eigenvalue weighted by Crippen LogP contribution is 2.32. The number of aryl methyl sites for hydroxylation is 1. The Labute approximate surface area is 143 Å². The predicted molar refractivity (Wildman–Crippen MR) is 91.0 cm³/mol. The first-order chi connectivity index (χ1) is 11.5. The number of hydrogen-bond donors (Lipinski definition) is 0. The molecule has 0 spiro atoms. The standard InChI is InChI=1S/C16H21N5O2S/c1-3-13-18-21-14(22)6-11(17-16(21)24-13)8-20-7-10-4-5-19(2)15(23)12(10)9-20/h6,10,12H,3-5,7-9H2,1-2H3/t10-,12+/m1/s1. The van der Waals surface area contributed by atoms with Crippen LogP contribution in [0.25, 0.3) is 4.96 Å². The first-order valence-electron chi connectivity index (χ1n) is 8.41. The summed E-state index contributed by atoms with van der Waals surface area (Å²) >= 11 is 1.47. The van der Waals surface area contributed by atoms with Crippen LogP contribution in [0.5, 0.6) is 0 Å². The van der Waals surface area contributed by atoms with Crippen LogP contribution in [0, 0.1) is 11.8 Å². The lowest BCUT2D eigenvalue weighted by Crippen LogP contribution is -2.42. The van der Waals surface area contributed by atoms with E-state index in [1.807, 2.05) is 18.9 Å². The number of fused-ring (bicyclic) bond motifs is 2. The van der Waals surface area contributed by atoms with E-state index in [0.717, 1.165) is 43.2 Å². The number of rotatable bonds is 3. The second-order valence-electron chi connectivity index (χ2n) is 6.74. The van der Waals surface area contributed by atoms with Crippen molar-refractivity contribution in [1.82, 2.24) is 24.4 Å². The van der Waals surface area contributed by atoms with Gasteiger partial charge in [0.05, 0.1) is 11.6 Å². The largest absolute Gasteiger partial charge is 0.345 e. The first kappa shape index (κ1) is 15.7. The van der Waals surface area contributed by atoms with Gasteiger partial charge in [-0.15, -0.1) is 0 Å². The number of carbonyl (C=O) groups is 1. The fourth-order valence-electron chi connectivity index (χ4n) is 3.76. The van der Waals surface area contributed by atoms with Gasteiger partial charge >= 0.3 is 0 Å². The zero-order valence-corrected chi connectivity index (χ0v) is 14.8. The topological polar surface area (TPSA) is 70.8 Å². The summed E-state index contributed by atoms with van der Waals surface area (Å²) in [6.45, 7) is 5.16. The van der Waals surface area contributed by atoms with E-state index in [9.17, 15) is 9.59 Å². The zero-order chi connectivity index (χ0) is 16.8. The maximum Gasteiger partial charge on any atom is 0.275 e. The van der Waals surface area contributed by atoms with Crippen LogP contribution in [0.15, 0.2) is 10.9 Å². The van der Waals surface area contributed by atoms with Gasteiger partial charge < -0.3 is 4.90 Å². The van der Waals surface area contributed by atoms with Crippen molar-refractivity contribution in [2.45, 2.75) is 26.3 Å². The van der Waals surface area contributed by atoms with Crippen molar-refractivity contribution in [3.8, 4) is 0 Å². The smallest absolute Gasteiger partial charge is 0.275 e. The molecule has 2 aliphatic heterocycles. The molecule has 2 aromatic heterocycles. The summed E-state index contributed by atoms with van der Waals surface area (Å²) in [7, 11) is 1.88. The molecule has 24 heavy (non-hydrogen) atoms. The van der Waals surface area contributed by atoms with Gasteiger partial charge in [-0.05, 0) is 18.8 Å². The van der Waals surface area contributed by atoms with Gasteiger partial charge in [-0.25, -0.2) is 4.98 Å². The van der Waals surface area contributed by atoms with E-state index in [1.54, 1.807) is 6.07 Å². The zero-order valence-electron chi connectivity index (χ0n) is 13.9. The van der Waals surface area contributed by atoms with Gasteiger partial charge in [0.15, 0.2) is 0 Å². The van der Waals surface area contributed by atoms with Crippen molar-refractivity contribution in [3.05, 3.63) is 27.1 Å². The maximum atomic E-state index is 12.3. The molecule has 4 rings (SSSR count). The number of nitrogens with zero attached hydrogens (tertiary/aromatic N) is 5. The predicted octanol–water partition coefficient (Wildman–Crippen LogP) is 0.623. The van der Waals surface area contributed by atoms with Crippen LogP contribution in [0.1, 0.15) is 24.0 Å². The molecule has 0 N–H and O–H groups in total. The van der Waals surface area contributed by atoms with Gasteiger partial charge in [0, 0.05) is 39.3 Å². The van der Waals surface area contributed by atoms with Crippen molar-refractivity contribution in [3.63, 3.8) is 0 Å². The summed E-state index contributed by atoms with van der Waals surface area (Å²) in [5, 5.41) is 5.19. The van der Waals surface area contributed by atoms with Gasteiger partial charge in [0.2, 0.25) is 10.9 Å². The molecular formula is C16H21N5O2S. The third kappa shape index (κ3) is 2.63. The first-order valence-corrected chi connectivity index (χ1v) is 9.23. The van der Waals surface area contributed by atoms with Crippen molar-refractivity contribution >= 4 is 22.2 Å². The molecule has 2 atom stereocenters. The number of likely N-dealkylation sites (tertiary alicyclic amines) is 2. The molecule has 4 heterocycles. The third-order valence-corrected chi connectivity index (χ3v) is 6.13. The van der Waals surface area contributed by atoms with E-state index in [4.69, 9.17) is 0 Å². The Morgan fingerprint density at radius 1 is 1.33 bits per heavy atom. The van der Waals surface area contributed by atoms with Gasteiger partial charge in [-0.1, -0.05) is 18.3 Å². The molecular weight excluding hydrogens is 326 g/mol. The van der Waals surface area contributed by atoms with Crippen LogP contribution in [0.4, 0.5) is 0 Å². The van der Waals surface area contributed by atoms with Gasteiger partial charge in [-0.3, -0.25) is 14.5 Å². The maximum absolute atomic E-state index is 12.3. The molecule has 2 saturated heterocycles. The summed E-state index contributed by atoms with van der Waals surface area (Å²) in [5.74, 6) is 0.796. The third-order valence-electron chi connectivity index (χ3n) is 5.07. The number of amides is 1.